The van der Waals surface area contributed by atoms with Gasteiger partial charge in [-0.05, 0) is 0 Å². The molecule has 0 aliphatic carbocycles. The Labute approximate surface area is 85.7 Å². The summed E-state index contributed by atoms with van der Waals surface area (Å²) in [5.74, 6) is -1.67. The number of aliphatic carboxylic acids is 1. The maximum absolute atomic E-state index is 10.3. The van der Waals surface area contributed by atoms with Crippen molar-refractivity contribution in [2.24, 2.45) is 0 Å². The first kappa shape index (κ1) is 13.6. The van der Waals surface area contributed by atoms with Gasteiger partial charge < -0.3 is 15.2 Å². The van der Waals surface area contributed by atoms with E-state index in [0.29, 0.717) is 0 Å². The Morgan fingerprint density at radius 2 is 2.09 bits per heavy atom. The molecular formula is C5H8AuNO3S. The number of carboxylic acids is 1. The molecule has 0 unspecified atom stereocenters. The predicted octanol–water partition coefficient (Wildman–Crippen LogP) is -1.83. The van der Waals surface area contributed by atoms with E-state index < -0.39 is 17.9 Å². The van der Waals surface area contributed by atoms with E-state index in [9.17, 15) is 14.7 Å². The van der Waals surface area contributed by atoms with E-state index in [1.807, 2.05) is 0 Å². The van der Waals surface area contributed by atoms with E-state index in [-0.39, 0.29) is 28.1 Å². The Hall–Kier alpha value is 0.0303. The van der Waals surface area contributed by atoms with E-state index in [1.54, 1.807) is 0 Å². The van der Waals surface area contributed by atoms with Gasteiger partial charge in [-0.25, -0.2) is 0 Å². The molecule has 4 nitrogen and oxygen atoms in total. The molecule has 0 spiro atoms. The number of nitrogens with one attached hydrogen (secondary N) is 1. The number of thiol groups is 1. The SMILES string of the molecule is CC(=O)N[C@@H](CS)C(=O)[O-].[Au+]. The molecule has 0 aromatic heterocycles. The van der Waals surface area contributed by atoms with E-state index in [0.717, 1.165) is 0 Å². The van der Waals surface area contributed by atoms with E-state index in [2.05, 4.69) is 17.9 Å². The Bertz CT molecular complexity index is 153. The van der Waals surface area contributed by atoms with Gasteiger partial charge in [-0.1, -0.05) is 0 Å². The van der Waals surface area contributed by atoms with Gasteiger partial charge in [0.15, 0.2) is 0 Å². The predicted molar refractivity (Wildman–Crippen MR) is 36.5 cm³/mol. The van der Waals surface area contributed by atoms with E-state index in [1.165, 1.54) is 6.92 Å². The minimum atomic E-state index is -1.31. The fourth-order valence-corrected chi connectivity index (χ4v) is 0.665. The molecule has 0 saturated carbocycles. The maximum Gasteiger partial charge on any atom is 1.00 e. The molecule has 0 aromatic carbocycles. The van der Waals surface area contributed by atoms with Gasteiger partial charge in [0, 0.05) is 12.7 Å². The van der Waals surface area contributed by atoms with Crippen molar-refractivity contribution >= 4 is 24.5 Å². The van der Waals surface area contributed by atoms with Crippen molar-refractivity contribution < 1.29 is 37.1 Å². The van der Waals surface area contributed by atoms with E-state index in [4.69, 9.17) is 0 Å². The van der Waals surface area contributed by atoms with Crippen LogP contribution >= 0.6 is 12.6 Å². The van der Waals surface area contributed by atoms with Crippen molar-refractivity contribution in [3.8, 4) is 0 Å². The second-order valence-corrected chi connectivity index (χ2v) is 2.12. The summed E-state index contributed by atoms with van der Waals surface area (Å²) in [5, 5.41) is 12.2. The first-order valence-electron chi connectivity index (χ1n) is 2.66. The Kier molecular flexibility index (Phi) is 8.32. The summed E-state index contributed by atoms with van der Waals surface area (Å²) in [7, 11) is 0. The van der Waals surface area contributed by atoms with Crippen LogP contribution in [0.2, 0.25) is 0 Å². The fourth-order valence-electron chi connectivity index (χ4n) is 0.424. The summed E-state index contributed by atoms with van der Waals surface area (Å²) >= 11 is 3.69. The first-order chi connectivity index (χ1) is 4.57. The summed E-state index contributed by atoms with van der Waals surface area (Å²) in [6, 6.07) is -0.985. The molecular weight excluding hydrogens is 351 g/mol. The molecule has 68 valence electrons. The Morgan fingerprint density at radius 1 is 1.64 bits per heavy atom. The van der Waals surface area contributed by atoms with Gasteiger partial charge in [-0.15, -0.1) is 0 Å². The number of carbonyl (C=O) groups excluding carboxylic acids is 2. The van der Waals surface area contributed by atoms with Crippen LogP contribution in [0.4, 0.5) is 0 Å². The molecule has 0 saturated heterocycles. The van der Waals surface area contributed by atoms with Crippen LogP contribution in [0.1, 0.15) is 6.92 Å². The minimum absolute atomic E-state index is 0. The van der Waals surface area contributed by atoms with Crippen molar-refractivity contribution in [1.29, 1.82) is 0 Å². The fraction of sp³-hybridized carbons (Fsp3) is 0.600. The minimum Gasteiger partial charge on any atom is -0.548 e. The average Bonchev–Trinajstić information content (AvgIpc) is 1.81. The molecule has 0 radical (unpaired) electrons. The topological polar surface area (TPSA) is 69.2 Å². The first-order valence-corrected chi connectivity index (χ1v) is 3.30. The van der Waals surface area contributed by atoms with E-state index >= 15 is 0 Å². The summed E-state index contributed by atoms with van der Waals surface area (Å²) < 4.78 is 0. The summed E-state index contributed by atoms with van der Waals surface area (Å²) in [4.78, 5) is 20.4. The van der Waals surface area contributed by atoms with Crippen LogP contribution in [0.25, 0.3) is 0 Å². The van der Waals surface area contributed by atoms with Crippen LogP contribution in [-0.2, 0) is 32.0 Å². The summed E-state index contributed by atoms with van der Waals surface area (Å²) in [6.45, 7) is 1.24. The average molecular weight is 359 g/mol. The number of carbonyl (C=O) groups is 2. The molecule has 0 bridgehead atoms. The number of carboxylic acid groups (broad SMARTS) is 1. The van der Waals surface area contributed by atoms with Gasteiger partial charge in [0.05, 0.1) is 12.0 Å². The van der Waals surface area contributed by atoms with Crippen molar-refractivity contribution in [3.05, 3.63) is 0 Å². The molecule has 0 heterocycles. The Balaban J connectivity index is 0. The van der Waals surface area contributed by atoms with Crippen LogP contribution in [0.15, 0.2) is 0 Å². The summed E-state index contributed by atoms with van der Waals surface area (Å²) in [5.41, 5.74) is 0. The van der Waals surface area contributed by atoms with Crippen molar-refractivity contribution in [1.82, 2.24) is 5.32 Å². The zero-order valence-corrected chi connectivity index (χ0v) is 8.82. The molecule has 11 heavy (non-hydrogen) atoms. The van der Waals surface area contributed by atoms with Gasteiger partial charge in [0.25, 0.3) is 0 Å². The molecule has 6 heteroatoms. The molecule has 0 aromatic rings. The number of amides is 1. The van der Waals surface area contributed by atoms with Crippen LogP contribution in [0.3, 0.4) is 0 Å². The Morgan fingerprint density at radius 3 is 2.18 bits per heavy atom. The molecule has 0 fully saturated rings. The zero-order valence-electron chi connectivity index (χ0n) is 5.76. The van der Waals surface area contributed by atoms with Gasteiger partial charge in [-0.2, -0.15) is 12.6 Å². The number of rotatable bonds is 3. The van der Waals surface area contributed by atoms with Crippen LogP contribution in [0.5, 0.6) is 0 Å². The third-order valence-electron chi connectivity index (χ3n) is 0.845. The quantitative estimate of drug-likeness (QED) is 0.460. The third-order valence-corrected chi connectivity index (χ3v) is 1.21. The zero-order chi connectivity index (χ0) is 8.15. The van der Waals surface area contributed by atoms with Gasteiger partial charge in [-0.3, -0.25) is 4.79 Å². The largest absolute Gasteiger partial charge is 1.00 e. The van der Waals surface area contributed by atoms with Crippen molar-refractivity contribution in [2.75, 3.05) is 5.75 Å². The molecule has 1 atom stereocenters. The standard InChI is InChI=1S/C5H9NO3S.Au/c1-3(7)6-4(2-10)5(8)9;/h4,10H,2H2,1H3,(H,6,7)(H,8,9);/q;+1/p-1/t4-;/m0./s1. The molecule has 1 amide bonds. The molecule has 1 N–H and O–H groups in total. The molecule has 0 aliphatic rings. The third kappa shape index (κ3) is 6.43. The van der Waals surface area contributed by atoms with Crippen molar-refractivity contribution in [3.63, 3.8) is 0 Å². The number of hydrogen-bond donors (Lipinski definition) is 2. The second-order valence-electron chi connectivity index (χ2n) is 1.75. The van der Waals surface area contributed by atoms with Crippen LogP contribution in [0, 0.1) is 0 Å². The van der Waals surface area contributed by atoms with Crippen LogP contribution in [-0.4, -0.2) is 23.7 Å². The maximum atomic E-state index is 10.3. The molecule has 0 aliphatic heterocycles. The summed E-state index contributed by atoms with van der Waals surface area (Å²) in [6.07, 6.45) is 0. The van der Waals surface area contributed by atoms with Gasteiger partial charge >= 0.3 is 22.4 Å². The van der Waals surface area contributed by atoms with Gasteiger partial charge in [0.2, 0.25) is 5.91 Å². The number of hydrogen-bond acceptors (Lipinski definition) is 4. The monoisotopic (exact) mass is 359 g/mol. The van der Waals surface area contributed by atoms with Crippen LogP contribution < -0.4 is 10.4 Å². The second kappa shape index (κ2) is 6.72. The normalized spacial score (nSPS) is 11.1. The molecule has 0 rings (SSSR count). The smallest absolute Gasteiger partial charge is 0.548 e. The van der Waals surface area contributed by atoms with Gasteiger partial charge in [0.1, 0.15) is 0 Å². The van der Waals surface area contributed by atoms with Crippen molar-refractivity contribution in [2.45, 2.75) is 13.0 Å².